The predicted molar refractivity (Wildman–Crippen MR) is 113 cm³/mol. The van der Waals surface area contributed by atoms with Crippen LogP contribution in [-0.4, -0.2) is 59.5 Å². The number of piperazine rings is 1. The molecular formula is C22H26FN3O5. The standard InChI is InChI=1S/C22H26FN3O5/c1-15-12-25(16(2)11-24(15)13-17-4-6-18(23)7-5-17)22(27)14-31-19-8-9-21(30-3)20(10-19)26(28)29/h4-10,15-16H,11-14H2,1-3H3. The number of hydrogen-bond donors (Lipinski definition) is 0. The number of carbonyl (C=O) groups is 1. The maximum Gasteiger partial charge on any atom is 0.314 e. The fraction of sp³-hybridized carbons (Fsp3) is 0.409. The van der Waals surface area contributed by atoms with Crippen molar-refractivity contribution in [2.45, 2.75) is 32.5 Å². The molecule has 0 bridgehead atoms. The van der Waals surface area contributed by atoms with Crippen LogP contribution < -0.4 is 9.47 Å². The Morgan fingerprint density at radius 1 is 1.16 bits per heavy atom. The number of ether oxygens (including phenoxy) is 2. The molecule has 2 aromatic rings. The van der Waals surface area contributed by atoms with Gasteiger partial charge in [0.25, 0.3) is 5.91 Å². The van der Waals surface area contributed by atoms with Crippen molar-refractivity contribution in [3.8, 4) is 11.5 Å². The number of nitro benzene ring substituents is 1. The lowest BCUT2D eigenvalue weighted by Gasteiger charge is -2.44. The average Bonchev–Trinajstić information content (AvgIpc) is 2.75. The molecule has 1 aliphatic heterocycles. The van der Waals surface area contributed by atoms with Gasteiger partial charge in [0, 0.05) is 31.7 Å². The fourth-order valence-electron chi connectivity index (χ4n) is 3.72. The lowest BCUT2D eigenvalue weighted by molar-refractivity contribution is -0.385. The lowest BCUT2D eigenvalue weighted by Crippen LogP contribution is -2.58. The van der Waals surface area contributed by atoms with Gasteiger partial charge < -0.3 is 14.4 Å². The number of methoxy groups -OCH3 is 1. The Hall–Kier alpha value is -3.20. The highest BCUT2D eigenvalue weighted by Gasteiger charge is 2.32. The van der Waals surface area contributed by atoms with Gasteiger partial charge in [-0.1, -0.05) is 12.1 Å². The minimum absolute atomic E-state index is 0.0297. The Bertz CT molecular complexity index is 937. The Balaban J connectivity index is 1.58. The molecule has 0 aliphatic carbocycles. The summed E-state index contributed by atoms with van der Waals surface area (Å²) in [6.45, 7) is 5.70. The van der Waals surface area contributed by atoms with Crippen molar-refractivity contribution in [1.82, 2.24) is 9.80 Å². The Morgan fingerprint density at radius 2 is 1.87 bits per heavy atom. The van der Waals surface area contributed by atoms with Gasteiger partial charge in [-0.05, 0) is 43.7 Å². The van der Waals surface area contributed by atoms with E-state index in [1.807, 2.05) is 13.8 Å². The molecule has 1 fully saturated rings. The van der Waals surface area contributed by atoms with E-state index in [1.54, 1.807) is 17.0 Å². The predicted octanol–water partition coefficient (Wildman–Crippen LogP) is 3.24. The van der Waals surface area contributed by atoms with E-state index in [9.17, 15) is 19.3 Å². The number of nitro groups is 1. The Labute approximate surface area is 180 Å². The van der Waals surface area contributed by atoms with Crippen LogP contribution in [0.4, 0.5) is 10.1 Å². The number of carbonyl (C=O) groups excluding carboxylic acids is 1. The van der Waals surface area contributed by atoms with Crippen LogP contribution in [0.15, 0.2) is 42.5 Å². The largest absolute Gasteiger partial charge is 0.490 e. The van der Waals surface area contributed by atoms with E-state index in [2.05, 4.69) is 4.90 Å². The van der Waals surface area contributed by atoms with Crippen LogP contribution in [0.2, 0.25) is 0 Å². The summed E-state index contributed by atoms with van der Waals surface area (Å²) in [6, 6.07) is 10.7. The fourth-order valence-corrected chi connectivity index (χ4v) is 3.72. The third kappa shape index (κ3) is 5.49. The van der Waals surface area contributed by atoms with E-state index < -0.39 is 4.92 Å². The summed E-state index contributed by atoms with van der Waals surface area (Å²) in [4.78, 5) is 27.4. The van der Waals surface area contributed by atoms with E-state index in [-0.39, 0.29) is 47.6 Å². The molecule has 0 aromatic heterocycles. The van der Waals surface area contributed by atoms with Crippen molar-refractivity contribution < 1.29 is 23.6 Å². The maximum atomic E-state index is 13.1. The van der Waals surface area contributed by atoms with Crippen LogP contribution in [-0.2, 0) is 11.3 Å². The second-order valence-electron chi connectivity index (χ2n) is 7.68. The topological polar surface area (TPSA) is 85.2 Å². The number of amides is 1. The molecular weight excluding hydrogens is 405 g/mol. The molecule has 9 heteroatoms. The molecule has 2 atom stereocenters. The van der Waals surface area contributed by atoms with Crippen molar-refractivity contribution in [2.75, 3.05) is 26.8 Å². The summed E-state index contributed by atoms with van der Waals surface area (Å²) >= 11 is 0. The van der Waals surface area contributed by atoms with Crippen LogP contribution in [0.1, 0.15) is 19.4 Å². The normalized spacial score (nSPS) is 19.2. The molecule has 2 unspecified atom stereocenters. The first-order valence-corrected chi connectivity index (χ1v) is 10.0. The zero-order valence-corrected chi connectivity index (χ0v) is 17.8. The van der Waals surface area contributed by atoms with Crippen LogP contribution in [0.3, 0.4) is 0 Å². The van der Waals surface area contributed by atoms with Gasteiger partial charge in [-0.2, -0.15) is 0 Å². The van der Waals surface area contributed by atoms with Crippen molar-refractivity contribution in [3.63, 3.8) is 0 Å². The van der Waals surface area contributed by atoms with Crippen LogP contribution in [0, 0.1) is 15.9 Å². The van der Waals surface area contributed by atoms with Gasteiger partial charge in [0.1, 0.15) is 11.6 Å². The van der Waals surface area contributed by atoms with Gasteiger partial charge >= 0.3 is 5.69 Å². The highest BCUT2D eigenvalue weighted by Crippen LogP contribution is 2.30. The van der Waals surface area contributed by atoms with Crippen molar-refractivity contribution in [3.05, 3.63) is 64.0 Å². The lowest BCUT2D eigenvalue weighted by atomic mass is 10.1. The van der Waals surface area contributed by atoms with Crippen LogP contribution >= 0.6 is 0 Å². The first kappa shape index (κ1) is 22.5. The Kier molecular flexibility index (Phi) is 7.06. The number of rotatable bonds is 7. The summed E-state index contributed by atoms with van der Waals surface area (Å²) in [5.74, 6) is -0.0816. The molecule has 1 aliphatic rings. The van der Waals surface area contributed by atoms with Gasteiger partial charge in [0.05, 0.1) is 18.1 Å². The van der Waals surface area contributed by atoms with E-state index in [0.717, 1.165) is 5.56 Å². The number of benzene rings is 2. The summed E-state index contributed by atoms with van der Waals surface area (Å²) < 4.78 is 23.6. The molecule has 3 rings (SSSR count). The molecule has 0 saturated carbocycles. The molecule has 1 heterocycles. The zero-order chi connectivity index (χ0) is 22.5. The summed E-state index contributed by atoms with van der Waals surface area (Å²) in [5, 5.41) is 11.1. The SMILES string of the molecule is COc1ccc(OCC(=O)N2CC(C)N(Cc3ccc(F)cc3)CC2C)cc1[N+](=O)[O-]. The van der Waals surface area contributed by atoms with Gasteiger partial charge in [0.2, 0.25) is 0 Å². The van der Waals surface area contributed by atoms with Gasteiger partial charge in [-0.25, -0.2) is 4.39 Å². The molecule has 0 N–H and O–H groups in total. The minimum Gasteiger partial charge on any atom is -0.490 e. The third-order valence-corrected chi connectivity index (χ3v) is 5.44. The highest BCUT2D eigenvalue weighted by molar-refractivity contribution is 5.78. The van der Waals surface area contributed by atoms with E-state index in [1.165, 1.54) is 37.4 Å². The second-order valence-corrected chi connectivity index (χ2v) is 7.68. The van der Waals surface area contributed by atoms with Crippen LogP contribution in [0.25, 0.3) is 0 Å². The molecule has 1 amide bonds. The zero-order valence-electron chi connectivity index (χ0n) is 17.8. The second kappa shape index (κ2) is 9.74. The third-order valence-electron chi connectivity index (χ3n) is 5.44. The average molecular weight is 431 g/mol. The maximum absolute atomic E-state index is 13.1. The number of nitrogens with zero attached hydrogens (tertiary/aromatic N) is 3. The number of hydrogen-bond acceptors (Lipinski definition) is 6. The summed E-state index contributed by atoms with van der Waals surface area (Å²) in [7, 11) is 1.35. The van der Waals surface area contributed by atoms with E-state index >= 15 is 0 Å². The molecule has 31 heavy (non-hydrogen) atoms. The molecule has 0 radical (unpaired) electrons. The Morgan fingerprint density at radius 3 is 2.52 bits per heavy atom. The molecule has 0 spiro atoms. The monoisotopic (exact) mass is 431 g/mol. The van der Waals surface area contributed by atoms with E-state index in [0.29, 0.717) is 19.6 Å². The van der Waals surface area contributed by atoms with Crippen molar-refractivity contribution >= 4 is 11.6 Å². The van der Waals surface area contributed by atoms with Crippen molar-refractivity contribution in [1.29, 1.82) is 0 Å². The first-order chi connectivity index (χ1) is 14.8. The van der Waals surface area contributed by atoms with E-state index in [4.69, 9.17) is 9.47 Å². The van der Waals surface area contributed by atoms with Crippen LogP contribution in [0.5, 0.6) is 11.5 Å². The molecule has 2 aromatic carbocycles. The van der Waals surface area contributed by atoms with Crippen molar-refractivity contribution in [2.24, 2.45) is 0 Å². The molecule has 1 saturated heterocycles. The van der Waals surface area contributed by atoms with Gasteiger partial charge in [-0.3, -0.25) is 19.8 Å². The first-order valence-electron chi connectivity index (χ1n) is 10.0. The summed E-state index contributed by atoms with van der Waals surface area (Å²) in [5.41, 5.74) is 0.800. The molecule has 166 valence electrons. The van der Waals surface area contributed by atoms with Gasteiger partial charge in [-0.15, -0.1) is 0 Å². The van der Waals surface area contributed by atoms with Gasteiger partial charge in [0.15, 0.2) is 12.4 Å². The minimum atomic E-state index is -0.558. The summed E-state index contributed by atoms with van der Waals surface area (Å²) in [6.07, 6.45) is 0. The number of halogens is 1. The molecule has 8 nitrogen and oxygen atoms in total. The smallest absolute Gasteiger partial charge is 0.314 e. The quantitative estimate of drug-likeness (QED) is 0.494. The highest BCUT2D eigenvalue weighted by atomic mass is 19.1.